The molecule has 0 saturated carbocycles. The van der Waals surface area contributed by atoms with Crippen LogP contribution in [0.3, 0.4) is 0 Å². The third-order valence-corrected chi connectivity index (χ3v) is 3.76. The summed E-state index contributed by atoms with van der Waals surface area (Å²) in [4.78, 5) is 16.4. The Morgan fingerprint density at radius 1 is 1.22 bits per heavy atom. The molecule has 0 saturated heterocycles. The molecule has 118 valence electrons. The Labute approximate surface area is 134 Å². The van der Waals surface area contributed by atoms with E-state index in [1.807, 2.05) is 24.5 Å². The van der Waals surface area contributed by atoms with Gasteiger partial charge in [-0.3, -0.25) is 4.79 Å². The molecule has 0 atom stereocenters. The Hall–Kier alpha value is -2.69. The zero-order valence-electron chi connectivity index (χ0n) is 13.1. The van der Waals surface area contributed by atoms with Crippen LogP contribution in [-0.2, 0) is 6.54 Å². The highest BCUT2D eigenvalue weighted by Crippen LogP contribution is 2.18. The highest BCUT2D eigenvalue weighted by molar-refractivity contribution is 5.94. The molecule has 0 unspecified atom stereocenters. The van der Waals surface area contributed by atoms with Crippen molar-refractivity contribution in [1.82, 2.24) is 14.9 Å². The first kappa shape index (κ1) is 15.2. The number of hydrogen-bond donors (Lipinski definition) is 1. The van der Waals surface area contributed by atoms with Crippen LogP contribution in [0.2, 0.25) is 0 Å². The lowest BCUT2D eigenvalue weighted by Gasteiger charge is -2.09. The quantitative estimate of drug-likeness (QED) is 0.799. The fourth-order valence-electron chi connectivity index (χ4n) is 2.48. The van der Waals surface area contributed by atoms with Gasteiger partial charge in [0.2, 0.25) is 0 Å². The molecule has 0 aliphatic heterocycles. The molecule has 0 aliphatic rings. The van der Waals surface area contributed by atoms with E-state index in [-0.39, 0.29) is 11.7 Å². The Morgan fingerprint density at radius 2 is 1.96 bits per heavy atom. The monoisotopic (exact) mass is 311 g/mol. The summed E-state index contributed by atoms with van der Waals surface area (Å²) in [5.74, 6) is -0.578. The summed E-state index contributed by atoms with van der Waals surface area (Å²) in [7, 11) is 0. The number of nitrogens with zero attached hydrogens (tertiary/aromatic N) is 2. The maximum atomic E-state index is 12.9. The molecule has 2 aromatic carbocycles. The van der Waals surface area contributed by atoms with Gasteiger partial charge < -0.3 is 9.88 Å². The summed E-state index contributed by atoms with van der Waals surface area (Å²) < 4.78 is 15.0. The number of carbonyl (C=O) groups is 1. The average molecular weight is 311 g/mol. The first-order valence-corrected chi connectivity index (χ1v) is 7.54. The van der Waals surface area contributed by atoms with Gasteiger partial charge >= 0.3 is 0 Å². The number of imidazole rings is 1. The van der Waals surface area contributed by atoms with Crippen molar-refractivity contribution in [1.29, 1.82) is 0 Å². The van der Waals surface area contributed by atoms with E-state index in [9.17, 15) is 9.18 Å². The molecule has 1 aromatic heterocycles. The van der Waals surface area contributed by atoms with Gasteiger partial charge in [-0.25, -0.2) is 9.37 Å². The normalized spacial score (nSPS) is 11.1. The molecule has 3 rings (SSSR count). The van der Waals surface area contributed by atoms with Crippen LogP contribution >= 0.6 is 0 Å². The van der Waals surface area contributed by atoms with Crippen molar-refractivity contribution < 1.29 is 9.18 Å². The molecule has 1 heterocycles. The molecule has 0 spiro atoms. The molecule has 4 nitrogen and oxygen atoms in total. The molecule has 1 amide bonds. The minimum Gasteiger partial charge on any atom is -0.348 e. The molecule has 0 radical (unpaired) electrons. The number of halogens is 1. The highest BCUT2D eigenvalue weighted by atomic mass is 19.1. The van der Waals surface area contributed by atoms with E-state index in [4.69, 9.17) is 0 Å². The third kappa shape index (κ3) is 3.23. The minimum atomic E-state index is -0.354. The smallest absolute Gasteiger partial charge is 0.251 e. The Balaban J connectivity index is 1.72. The maximum absolute atomic E-state index is 12.9. The molecule has 5 heteroatoms. The summed E-state index contributed by atoms with van der Waals surface area (Å²) in [6.07, 6.45) is 1.83. The van der Waals surface area contributed by atoms with E-state index in [0.29, 0.717) is 18.2 Å². The third-order valence-electron chi connectivity index (χ3n) is 3.76. The van der Waals surface area contributed by atoms with Crippen molar-refractivity contribution in [3.63, 3.8) is 0 Å². The lowest BCUT2D eigenvalue weighted by molar-refractivity contribution is 0.0951. The molecule has 0 aliphatic carbocycles. The van der Waals surface area contributed by atoms with Crippen molar-refractivity contribution in [2.24, 2.45) is 0 Å². The lowest BCUT2D eigenvalue weighted by Crippen LogP contribution is -2.22. The number of aromatic nitrogens is 2. The number of fused-ring (bicyclic) bond motifs is 1. The molecule has 3 aromatic rings. The van der Waals surface area contributed by atoms with Gasteiger partial charge in [0, 0.05) is 18.2 Å². The van der Waals surface area contributed by atoms with E-state index in [1.165, 1.54) is 24.3 Å². The first-order chi connectivity index (χ1) is 11.0. The van der Waals surface area contributed by atoms with Crippen LogP contribution in [0.4, 0.5) is 4.39 Å². The standard InChI is InChI=1S/C18H18FN3O/c1-12(2)22-11-21-16-9-13(3-8-17(16)22)10-20-18(23)14-4-6-15(19)7-5-14/h3-9,11-12H,10H2,1-2H3,(H,20,23). The van der Waals surface area contributed by atoms with Gasteiger partial charge in [-0.05, 0) is 55.8 Å². The van der Waals surface area contributed by atoms with Crippen molar-refractivity contribution in [3.05, 3.63) is 65.7 Å². The predicted octanol–water partition coefficient (Wildman–Crippen LogP) is 3.69. The Kier molecular flexibility index (Phi) is 4.10. The average Bonchev–Trinajstić information content (AvgIpc) is 2.96. The van der Waals surface area contributed by atoms with Gasteiger partial charge in [-0.1, -0.05) is 6.07 Å². The molecule has 0 fully saturated rings. The number of amides is 1. The summed E-state index contributed by atoms with van der Waals surface area (Å²) in [6, 6.07) is 11.8. The van der Waals surface area contributed by atoms with Gasteiger partial charge in [0.05, 0.1) is 17.4 Å². The number of hydrogen-bond acceptors (Lipinski definition) is 2. The SMILES string of the molecule is CC(C)n1cnc2cc(CNC(=O)c3ccc(F)cc3)ccc21. The molecule has 23 heavy (non-hydrogen) atoms. The van der Waals surface area contributed by atoms with E-state index >= 15 is 0 Å². The number of nitrogens with one attached hydrogen (secondary N) is 1. The predicted molar refractivity (Wildman–Crippen MR) is 87.7 cm³/mol. The number of benzene rings is 2. The van der Waals surface area contributed by atoms with Gasteiger partial charge in [-0.15, -0.1) is 0 Å². The summed E-state index contributed by atoms with van der Waals surface area (Å²) >= 11 is 0. The van der Waals surface area contributed by atoms with Crippen LogP contribution in [-0.4, -0.2) is 15.5 Å². The summed E-state index contributed by atoms with van der Waals surface area (Å²) in [5.41, 5.74) is 3.40. The fourth-order valence-corrected chi connectivity index (χ4v) is 2.48. The number of carbonyl (C=O) groups excluding carboxylic acids is 1. The van der Waals surface area contributed by atoms with Crippen molar-refractivity contribution in [2.45, 2.75) is 26.4 Å². The molecular formula is C18H18FN3O. The summed E-state index contributed by atoms with van der Waals surface area (Å²) in [5, 5.41) is 2.83. The van der Waals surface area contributed by atoms with Crippen LogP contribution < -0.4 is 5.32 Å². The van der Waals surface area contributed by atoms with Gasteiger partial charge in [0.25, 0.3) is 5.91 Å². The maximum Gasteiger partial charge on any atom is 0.251 e. The van der Waals surface area contributed by atoms with E-state index < -0.39 is 0 Å². The van der Waals surface area contributed by atoms with Gasteiger partial charge in [0.15, 0.2) is 0 Å². The first-order valence-electron chi connectivity index (χ1n) is 7.54. The Morgan fingerprint density at radius 3 is 2.65 bits per heavy atom. The van der Waals surface area contributed by atoms with Crippen LogP contribution in [0, 0.1) is 5.82 Å². The molecule has 0 bridgehead atoms. The van der Waals surface area contributed by atoms with Crippen LogP contribution in [0.5, 0.6) is 0 Å². The Bertz CT molecular complexity index is 837. The minimum absolute atomic E-state index is 0.224. The van der Waals surface area contributed by atoms with Gasteiger partial charge in [-0.2, -0.15) is 0 Å². The zero-order chi connectivity index (χ0) is 16.4. The fraction of sp³-hybridized carbons (Fsp3) is 0.222. The van der Waals surface area contributed by atoms with Crippen molar-refractivity contribution in [2.75, 3.05) is 0 Å². The second kappa shape index (κ2) is 6.20. The van der Waals surface area contributed by atoms with Crippen LogP contribution in [0.25, 0.3) is 11.0 Å². The van der Waals surface area contributed by atoms with Crippen LogP contribution in [0.1, 0.15) is 35.8 Å². The summed E-state index contributed by atoms with van der Waals surface area (Å²) in [6.45, 7) is 4.62. The van der Waals surface area contributed by atoms with E-state index in [1.54, 1.807) is 0 Å². The lowest BCUT2D eigenvalue weighted by atomic mass is 10.1. The second-order valence-electron chi connectivity index (χ2n) is 5.76. The van der Waals surface area contributed by atoms with E-state index in [2.05, 4.69) is 28.7 Å². The molecule has 1 N–H and O–H groups in total. The largest absolute Gasteiger partial charge is 0.348 e. The number of rotatable bonds is 4. The topological polar surface area (TPSA) is 46.9 Å². The van der Waals surface area contributed by atoms with Crippen molar-refractivity contribution in [3.8, 4) is 0 Å². The second-order valence-corrected chi connectivity index (χ2v) is 5.76. The zero-order valence-corrected chi connectivity index (χ0v) is 13.1. The van der Waals surface area contributed by atoms with Crippen molar-refractivity contribution >= 4 is 16.9 Å². The van der Waals surface area contributed by atoms with Crippen LogP contribution in [0.15, 0.2) is 48.8 Å². The van der Waals surface area contributed by atoms with Gasteiger partial charge in [0.1, 0.15) is 5.82 Å². The molecular weight excluding hydrogens is 293 g/mol. The highest BCUT2D eigenvalue weighted by Gasteiger charge is 2.08. The van der Waals surface area contributed by atoms with E-state index in [0.717, 1.165) is 16.6 Å².